The fraction of sp³-hybridized carbons (Fsp3) is 0.571. The second-order valence-corrected chi connectivity index (χ2v) is 5.62. The maximum absolute atomic E-state index is 13.7. The lowest BCUT2D eigenvalue weighted by atomic mass is 9.79. The van der Waals surface area contributed by atoms with Crippen LogP contribution in [0.1, 0.15) is 6.42 Å². The Morgan fingerprint density at radius 3 is 2.72 bits per heavy atom. The van der Waals surface area contributed by atoms with E-state index < -0.39 is 0 Å². The van der Waals surface area contributed by atoms with Crippen molar-refractivity contribution in [1.82, 2.24) is 4.90 Å². The van der Waals surface area contributed by atoms with Gasteiger partial charge in [-0.05, 0) is 18.6 Å². The average molecular weight is 249 g/mol. The van der Waals surface area contributed by atoms with Gasteiger partial charge in [0.2, 0.25) is 0 Å². The van der Waals surface area contributed by atoms with Crippen LogP contribution in [-0.2, 0) is 0 Å². The van der Waals surface area contributed by atoms with Gasteiger partial charge in [-0.1, -0.05) is 12.1 Å². The summed E-state index contributed by atoms with van der Waals surface area (Å²) in [6.07, 6.45) is 1.17. The van der Waals surface area contributed by atoms with Gasteiger partial charge in [0.15, 0.2) is 0 Å². The molecule has 0 aliphatic carbocycles. The molecule has 1 aromatic rings. The monoisotopic (exact) mass is 249 g/mol. The summed E-state index contributed by atoms with van der Waals surface area (Å²) in [5.74, 6) is -0.104. The largest absolute Gasteiger partial charge is 0.368 e. The minimum Gasteiger partial charge on any atom is -0.368 e. The number of rotatable bonds is 3. The highest BCUT2D eigenvalue weighted by atomic mass is 19.1. The van der Waals surface area contributed by atoms with Crippen molar-refractivity contribution in [2.45, 2.75) is 6.42 Å². The molecule has 2 saturated heterocycles. The lowest BCUT2D eigenvalue weighted by Crippen LogP contribution is -2.58. The Hall–Kier alpha value is -1.13. The van der Waals surface area contributed by atoms with Gasteiger partial charge in [0.25, 0.3) is 0 Å². The van der Waals surface area contributed by atoms with Gasteiger partial charge < -0.3 is 15.5 Å². The number of anilines is 1. The van der Waals surface area contributed by atoms with Gasteiger partial charge in [-0.15, -0.1) is 0 Å². The Labute approximate surface area is 107 Å². The Morgan fingerprint density at radius 2 is 2.00 bits per heavy atom. The van der Waals surface area contributed by atoms with Gasteiger partial charge in [-0.25, -0.2) is 4.39 Å². The highest BCUT2D eigenvalue weighted by Gasteiger charge is 2.47. The highest BCUT2D eigenvalue weighted by Crippen LogP contribution is 2.41. The summed E-state index contributed by atoms with van der Waals surface area (Å²) in [4.78, 5) is 4.58. The Morgan fingerprint density at radius 1 is 1.22 bits per heavy atom. The molecule has 4 heteroatoms. The molecule has 2 aliphatic rings. The molecule has 1 spiro atoms. The van der Waals surface area contributed by atoms with Gasteiger partial charge in [-0.2, -0.15) is 0 Å². The highest BCUT2D eigenvalue weighted by molar-refractivity contribution is 5.49. The van der Waals surface area contributed by atoms with Crippen molar-refractivity contribution < 1.29 is 4.39 Å². The van der Waals surface area contributed by atoms with Crippen molar-refractivity contribution in [3.05, 3.63) is 30.1 Å². The predicted molar refractivity (Wildman–Crippen MR) is 71.2 cm³/mol. The minimum absolute atomic E-state index is 0.104. The molecule has 0 amide bonds. The standard InChI is InChI=1S/C14H20FN3/c15-12-3-1-2-4-13(12)18-7-5-14(11-18)9-17(10-14)8-6-16/h1-4H,5-11,16H2. The maximum atomic E-state index is 13.7. The van der Waals surface area contributed by atoms with Crippen molar-refractivity contribution in [3.63, 3.8) is 0 Å². The molecule has 18 heavy (non-hydrogen) atoms. The van der Waals surface area contributed by atoms with Crippen LogP contribution in [0.3, 0.4) is 0 Å². The van der Waals surface area contributed by atoms with E-state index in [0.29, 0.717) is 5.41 Å². The number of likely N-dealkylation sites (tertiary alicyclic amines) is 1. The summed E-state index contributed by atoms with van der Waals surface area (Å²) in [6, 6.07) is 7.08. The number of nitrogens with two attached hydrogens (primary N) is 1. The van der Waals surface area contributed by atoms with Crippen LogP contribution in [0.25, 0.3) is 0 Å². The zero-order valence-corrected chi connectivity index (χ0v) is 10.6. The smallest absolute Gasteiger partial charge is 0.146 e. The quantitative estimate of drug-likeness (QED) is 0.876. The molecule has 0 radical (unpaired) electrons. The molecule has 0 atom stereocenters. The molecule has 2 N–H and O–H groups in total. The maximum Gasteiger partial charge on any atom is 0.146 e. The van der Waals surface area contributed by atoms with Gasteiger partial charge in [0.05, 0.1) is 5.69 Å². The third kappa shape index (κ3) is 1.99. The van der Waals surface area contributed by atoms with E-state index in [2.05, 4.69) is 9.80 Å². The summed E-state index contributed by atoms with van der Waals surface area (Å²) in [5, 5.41) is 0. The predicted octanol–water partition coefficient (Wildman–Crippen LogP) is 1.30. The zero-order chi connectivity index (χ0) is 12.6. The first-order valence-corrected chi connectivity index (χ1v) is 6.64. The van der Waals surface area contributed by atoms with E-state index in [9.17, 15) is 4.39 Å². The van der Waals surface area contributed by atoms with E-state index in [1.807, 2.05) is 12.1 Å². The van der Waals surface area contributed by atoms with Crippen molar-refractivity contribution in [2.24, 2.45) is 11.1 Å². The van der Waals surface area contributed by atoms with E-state index in [0.717, 1.165) is 45.0 Å². The number of hydrogen-bond acceptors (Lipinski definition) is 3. The third-order valence-electron chi connectivity index (χ3n) is 4.19. The topological polar surface area (TPSA) is 32.5 Å². The van der Waals surface area contributed by atoms with Crippen molar-refractivity contribution in [1.29, 1.82) is 0 Å². The van der Waals surface area contributed by atoms with E-state index in [4.69, 9.17) is 5.73 Å². The first kappa shape index (κ1) is 11.9. The lowest BCUT2D eigenvalue weighted by Gasteiger charge is -2.48. The summed E-state index contributed by atoms with van der Waals surface area (Å²) in [6.45, 7) is 5.91. The normalized spacial score (nSPS) is 22.4. The summed E-state index contributed by atoms with van der Waals surface area (Å²) in [5.41, 5.74) is 6.71. The van der Waals surface area contributed by atoms with Gasteiger partial charge in [0, 0.05) is 44.7 Å². The van der Waals surface area contributed by atoms with Crippen molar-refractivity contribution in [2.75, 3.05) is 44.2 Å². The fourth-order valence-corrected chi connectivity index (χ4v) is 3.35. The number of para-hydroxylation sites is 1. The first-order valence-electron chi connectivity index (χ1n) is 6.64. The SMILES string of the molecule is NCCN1CC2(CCN(c3ccccc3F)C2)C1. The number of halogens is 1. The molecule has 2 fully saturated rings. The van der Waals surface area contributed by atoms with Crippen molar-refractivity contribution >= 4 is 5.69 Å². The van der Waals surface area contributed by atoms with E-state index >= 15 is 0 Å². The van der Waals surface area contributed by atoms with Gasteiger partial charge in [-0.3, -0.25) is 0 Å². The molecule has 98 valence electrons. The summed E-state index contributed by atoms with van der Waals surface area (Å²) in [7, 11) is 0. The van der Waals surface area contributed by atoms with Crippen LogP contribution < -0.4 is 10.6 Å². The van der Waals surface area contributed by atoms with Crippen LogP contribution in [0.2, 0.25) is 0 Å². The van der Waals surface area contributed by atoms with Crippen LogP contribution in [0.5, 0.6) is 0 Å². The summed E-state index contributed by atoms with van der Waals surface area (Å²) >= 11 is 0. The molecule has 2 heterocycles. The van der Waals surface area contributed by atoms with E-state index in [1.54, 1.807) is 12.1 Å². The second kappa shape index (κ2) is 4.52. The van der Waals surface area contributed by atoms with Crippen molar-refractivity contribution in [3.8, 4) is 0 Å². The molecule has 0 unspecified atom stereocenters. The van der Waals surface area contributed by atoms with Crippen LogP contribution in [-0.4, -0.2) is 44.2 Å². The Kier molecular flexibility index (Phi) is 2.99. The third-order valence-corrected chi connectivity index (χ3v) is 4.19. The Bertz CT molecular complexity index is 429. The fourth-order valence-electron chi connectivity index (χ4n) is 3.35. The Balaban J connectivity index is 1.65. The number of benzene rings is 1. The number of nitrogens with zero attached hydrogens (tertiary/aromatic N) is 2. The molecule has 0 saturated carbocycles. The van der Waals surface area contributed by atoms with Crippen LogP contribution in [0.4, 0.5) is 10.1 Å². The molecule has 1 aromatic carbocycles. The summed E-state index contributed by atoms with van der Waals surface area (Å²) < 4.78 is 13.7. The minimum atomic E-state index is -0.104. The lowest BCUT2D eigenvalue weighted by molar-refractivity contribution is 0.0213. The molecular weight excluding hydrogens is 229 g/mol. The first-order chi connectivity index (χ1) is 8.72. The molecular formula is C14H20FN3. The van der Waals surface area contributed by atoms with Crippen LogP contribution >= 0.6 is 0 Å². The molecule has 0 aromatic heterocycles. The second-order valence-electron chi connectivity index (χ2n) is 5.62. The molecule has 2 aliphatic heterocycles. The molecule has 3 rings (SSSR count). The van der Waals surface area contributed by atoms with Crippen LogP contribution in [0.15, 0.2) is 24.3 Å². The van der Waals surface area contributed by atoms with E-state index in [1.165, 1.54) is 6.42 Å². The number of hydrogen-bond donors (Lipinski definition) is 1. The average Bonchev–Trinajstić information content (AvgIpc) is 2.74. The van der Waals surface area contributed by atoms with E-state index in [-0.39, 0.29) is 5.82 Å². The van der Waals surface area contributed by atoms with Gasteiger partial charge >= 0.3 is 0 Å². The molecule has 0 bridgehead atoms. The van der Waals surface area contributed by atoms with Crippen LogP contribution in [0, 0.1) is 11.2 Å². The van der Waals surface area contributed by atoms with Gasteiger partial charge in [0.1, 0.15) is 5.82 Å². The zero-order valence-electron chi connectivity index (χ0n) is 10.6. The molecule has 3 nitrogen and oxygen atoms in total.